The molecule has 1 aromatic heterocycles. The van der Waals surface area contributed by atoms with Crippen LogP contribution < -0.4 is 5.32 Å². The van der Waals surface area contributed by atoms with Gasteiger partial charge in [0.1, 0.15) is 5.82 Å². The van der Waals surface area contributed by atoms with Crippen LogP contribution in [0.4, 0.5) is 0 Å². The van der Waals surface area contributed by atoms with Crippen molar-refractivity contribution in [1.82, 2.24) is 14.9 Å². The van der Waals surface area contributed by atoms with Crippen molar-refractivity contribution in [2.24, 2.45) is 0 Å². The molecule has 0 spiro atoms. The Morgan fingerprint density at radius 3 is 3.06 bits per heavy atom. The van der Waals surface area contributed by atoms with Crippen molar-refractivity contribution < 1.29 is 0 Å². The zero-order chi connectivity index (χ0) is 11.0. The van der Waals surface area contributed by atoms with Gasteiger partial charge < -0.3 is 9.88 Å². The third kappa shape index (κ3) is 1.77. The van der Waals surface area contributed by atoms with Crippen LogP contribution in [0.5, 0.6) is 0 Å². The summed E-state index contributed by atoms with van der Waals surface area (Å²) in [7, 11) is 0. The summed E-state index contributed by atoms with van der Waals surface area (Å²) in [5.41, 5.74) is 1.33. The third-order valence-corrected chi connectivity index (χ3v) is 4.02. The number of hydrogen-bond acceptors (Lipinski definition) is 2. The lowest BCUT2D eigenvalue weighted by molar-refractivity contribution is 0.454. The van der Waals surface area contributed by atoms with Crippen molar-refractivity contribution in [3.05, 3.63) is 17.7 Å². The molecule has 0 unspecified atom stereocenters. The van der Waals surface area contributed by atoms with Gasteiger partial charge in [-0.15, -0.1) is 0 Å². The van der Waals surface area contributed by atoms with Crippen molar-refractivity contribution in [2.45, 2.75) is 51.0 Å². The Kier molecular flexibility index (Phi) is 2.72. The standard InChI is InChI=1S/C13H21N3/c1-10-4-3-7-16-9-12(15-13(10)16)11-5-2-6-14-8-11/h9-11,14H,2-8H2,1H3/t10-,11+/m0/s1. The zero-order valence-corrected chi connectivity index (χ0v) is 10.1. The number of nitrogens with one attached hydrogen (secondary N) is 1. The summed E-state index contributed by atoms with van der Waals surface area (Å²) < 4.78 is 2.39. The van der Waals surface area contributed by atoms with E-state index < -0.39 is 0 Å². The van der Waals surface area contributed by atoms with Crippen LogP contribution in [0.3, 0.4) is 0 Å². The van der Waals surface area contributed by atoms with Gasteiger partial charge in [-0.05, 0) is 32.2 Å². The van der Waals surface area contributed by atoms with Crippen LogP contribution in [-0.4, -0.2) is 22.6 Å². The van der Waals surface area contributed by atoms with Crippen molar-refractivity contribution in [2.75, 3.05) is 13.1 Å². The SMILES string of the molecule is C[C@H]1CCCn2cc([C@@H]3CCCNC3)nc21. The van der Waals surface area contributed by atoms with E-state index in [4.69, 9.17) is 4.98 Å². The van der Waals surface area contributed by atoms with Gasteiger partial charge in [0.15, 0.2) is 0 Å². The molecule has 3 heterocycles. The first-order chi connectivity index (χ1) is 7.84. The lowest BCUT2D eigenvalue weighted by Crippen LogP contribution is -2.28. The van der Waals surface area contributed by atoms with E-state index in [1.807, 2.05) is 0 Å². The van der Waals surface area contributed by atoms with Crippen LogP contribution in [0.1, 0.15) is 56.0 Å². The fourth-order valence-electron chi connectivity index (χ4n) is 3.02. The van der Waals surface area contributed by atoms with Gasteiger partial charge in [-0.25, -0.2) is 4.98 Å². The fraction of sp³-hybridized carbons (Fsp3) is 0.769. The molecule has 3 heteroatoms. The second-order valence-electron chi connectivity index (χ2n) is 5.30. The van der Waals surface area contributed by atoms with Crippen LogP contribution in [0, 0.1) is 0 Å². The van der Waals surface area contributed by atoms with Crippen molar-refractivity contribution in [3.63, 3.8) is 0 Å². The smallest absolute Gasteiger partial charge is 0.111 e. The molecule has 1 saturated heterocycles. The van der Waals surface area contributed by atoms with E-state index in [-0.39, 0.29) is 0 Å². The van der Waals surface area contributed by atoms with Gasteiger partial charge in [0.05, 0.1) is 5.69 Å². The summed E-state index contributed by atoms with van der Waals surface area (Å²) in [5.74, 6) is 2.63. The molecule has 0 radical (unpaired) electrons. The number of aryl methyl sites for hydroxylation is 1. The molecule has 1 aromatic rings. The maximum atomic E-state index is 4.88. The first-order valence-corrected chi connectivity index (χ1v) is 6.62. The molecule has 16 heavy (non-hydrogen) atoms. The van der Waals surface area contributed by atoms with Crippen LogP contribution in [0.25, 0.3) is 0 Å². The van der Waals surface area contributed by atoms with E-state index in [0.29, 0.717) is 11.8 Å². The van der Waals surface area contributed by atoms with Gasteiger partial charge in [-0.2, -0.15) is 0 Å². The average Bonchev–Trinajstić information content (AvgIpc) is 2.76. The number of rotatable bonds is 1. The maximum absolute atomic E-state index is 4.88. The second-order valence-corrected chi connectivity index (χ2v) is 5.30. The van der Waals surface area contributed by atoms with E-state index in [1.54, 1.807) is 0 Å². The Morgan fingerprint density at radius 1 is 1.38 bits per heavy atom. The highest BCUT2D eigenvalue weighted by Crippen LogP contribution is 2.29. The van der Waals surface area contributed by atoms with Crippen LogP contribution in [-0.2, 0) is 6.54 Å². The minimum atomic E-state index is 0.652. The Bertz CT molecular complexity index is 363. The molecule has 0 aliphatic carbocycles. The summed E-state index contributed by atoms with van der Waals surface area (Å²) in [6, 6.07) is 0. The van der Waals surface area contributed by atoms with Gasteiger partial charge in [0.25, 0.3) is 0 Å². The van der Waals surface area contributed by atoms with Gasteiger partial charge in [0.2, 0.25) is 0 Å². The van der Waals surface area contributed by atoms with E-state index >= 15 is 0 Å². The molecule has 2 aliphatic rings. The molecular formula is C13H21N3. The summed E-state index contributed by atoms with van der Waals surface area (Å²) in [5, 5.41) is 3.48. The maximum Gasteiger partial charge on any atom is 0.111 e. The van der Waals surface area contributed by atoms with Gasteiger partial charge in [-0.1, -0.05) is 6.92 Å². The molecule has 0 bridgehead atoms. The first-order valence-electron chi connectivity index (χ1n) is 6.62. The lowest BCUT2D eigenvalue weighted by atomic mass is 9.97. The molecule has 0 saturated carbocycles. The van der Waals surface area contributed by atoms with Crippen LogP contribution >= 0.6 is 0 Å². The average molecular weight is 219 g/mol. The quantitative estimate of drug-likeness (QED) is 0.785. The molecule has 88 valence electrons. The highest BCUT2D eigenvalue weighted by molar-refractivity contribution is 5.14. The highest BCUT2D eigenvalue weighted by atomic mass is 15.1. The molecular weight excluding hydrogens is 198 g/mol. The summed E-state index contributed by atoms with van der Waals surface area (Å²) in [6.07, 6.45) is 7.52. The molecule has 2 atom stereocenters. The molecule has 2 aliphatic heterocycles. The van der Waals surface area contributed by atoms with E-state index in [9.17, 15) is 0 Å². The Labute approximate surface area is 97.3 Å². The topological polar surface area (TPSA) is 29.9 Å². The number of fused-ring (bicyclic) bond motifs is 1. The largest absolute Gasteiger partial charge is 0.334 e. The van der Waals surface area contributed by atoms with E-state index in [0.717, 1.165) is 6.54 Å². The van der Waals surface area contributed by atoms with Crippen LogP contribution in [0.2, 0.25) is 0 Å². The third-order valence-electron chi connectivity index (χ3n) is 4.02. The molecule has 1 N–H and O–H groups in total. The molecule has 3 nitrogen and oxygen atoms in total. The molecule has 0 amide bonds. The minimum absolute atomic E-state index is 0.652. The molecule has 3 rings (SSSR count). The van der Waals surface area contributed by atoms with Crippen molar-refractivity contribution >= 4 is 0 Å². The van der Waals surface area contributed by atoms with Crippen molar-refractivity contribution in [3.8, 4) is 0 Å². The highest BCUT2D eigenvalue weighted by Gasteiger charge is 2.23. The van der Waals surface area contributed by atoms with Gasteiger partial charge in [0, 0.05) is 31.1 Å². The minimum Gasteiger partial charge on any atom is -0.334 e. The molecule has 1 fully saturated rings. The molecule has 0 aromatic carbocycles. The van der Waals surface area contributed by atoms with Crippen LogP contribution in [0.15, 0.2) is 6.20 Å². The summed E-state index contributed by atoms with van der Waals surface area (Å²) >= 11 is 0. The Hall–Kier alpha value is -0.830. The lowest BCUT2D eigenvalue weighted by Gasteiger charge is -2.20. The number of piperidine rings is 1. The monoisotopic (exact) mass is 219 g/mol. The predicted octanol–water partition coefficient (Wildman–Crippen LogP) is 2.25. The van der Waals surface area contributed by atoms with E-state index in [2.05, 4.69) is 23.0 Å². The Morgan fingerprint density at radius 2 is 2.31 bits per heavy atom. The number of hydrogen-bond donors (Lipinski definition) is 1. The van der Waals surface area contributed by atoms with Gasteiger partial charge in [-0.3, -0.25) is 0 Å². The normalized spacial score (nSPS) is 30.1. The van der Waals surface area contributed by atoms with E-state index in [1.165, 1.54) is 50.3 Å². The second kappa shape index (κ2) is 4.21. The number of imidazole rings is 1. The number of nitrogens with zero attached hydrogens (tertiary/aromatic N) is 2. The zero-order valence-electron chi connectivity index (χ0n) is 10.1. The fourth-order valence-corrected chi connectivity index (χ4v) is 3.02. The predicted molar refractivity (Wildman–Crippen MR) is 64.7 cm³/mol. The summed E-state index contributed by atoms with van der Waals surface area (Å²) in [4.78, 5) is 4.88. The first kappa shape index (κ1) is 10.3. The van der Waals surface area contributed by atoms with Crippen molar-refractivity contribution in [1.29, 1.82) is 0 Å². The van der Waals surface area contributed by atoms with Gasteiger partial charge >= 0.3 is 0 Å². The number of aromatic nitrogens is 2. The summed E-state index contributed by atoms with van der Waals surface area (Å²) in [6.45, 7) is 5.78. The Balaban J connectivity index is 1.85.